The third-order valence-corrected chi connectivity index (χ3v) is 2.79. The van der Waals surface area contributed by atoms with Crippen LogP contribution in [0.3, 0.4) is 0 Å². The number of rotatable bonds is 1. The van der Waals surface area contributed by atoms with Crippen LogP contribution in [-0.2, 0) is 0 Å². The summed E-state index contributed by atoms with van der Waals surface area (Å²) in [5.74, 6) is 0.719. The normalized spacial score (nSPS) is 10.3. The van der Waals surface area contributed by atoms with E-state index in [0.717, 1.165) is 20.6 Å². The van der Waals surface area contributed by atoms with Gasteiger partial charge in [-0.15, -0.1) is 0 Å². The molecule has 4 heteroatoms. The smallest absolute Gasteiger partial charge is 0.161 e. The summed E-state index contributed by atoms with van der Waals surface area (Å²) in [5, 5.41) is 0. The molecule has 0 aliphatic carbocycles. The zero-order chi connectivity index (χ0) is 10.8. The van der Waals surface area contributed by atoms with Crippen LogP contribution in [0.15, 0.2) is 39.5 Å². The Hall–Kier alpha value is -0.740. The number of nitrogens with zero attached hydrogens (tertiary/aromatic N) is 2. The lowest BCUT2D eigenvalue weighted by Gasteiger charge is -2.01. The van der Waals surface area contributed by atoms with Gasteiger partial charge in [0.05, 0.1) is 0 Å². The van der Waals surface area contributed by atoms with Gasteiger partial charge in [0, 0.05) is 11.6 Å². The molecule has 1 heterocycles. The van der Waals surface area contributed by atoms with Gasteiger partial charge in [-0.1, -0.05) is 29.8 Å². The highest BCUT2D eigenvalue weighted by Crippen LogP contribution is 2.20. The molecule has 1 aromatic heterocycles. The zero-order valence-corrected chi connectivity index (χ0v) is 11.2. The number of halogens is 2. The van der Waals surface area contributed by atoms with Crippen molar-refractivity contribution in [1.29, 1.82) is 0 Å². The Bertz CT molecular complexity index is 460. The van der Waals surface area contributed by atoms with Crippen molar-refractivity contribution in [3.05, 3.63) is 45.1 Å². The molecular formula is C11H8Br2N2. The Morgan fingerprint density at radius 1 is 0.933 bits per heavy atom. The van der Waals surface area contributed by atoms with Gasteiger partial charge < -0.3 is 0 Å². The maximum absolute atomic E-state index is 4.31. The lowest BCUT2D eigenvalue weighted by molar-refractivity contribution is 1.12. The maximum Gasteiger partial charge on any atom is 0.161 e. The van der Waals surface area contributed by atoms with Crippen molar-refractivity contribution in [3.63, 3.8) is 0 Å². The Balaban J connectivity index is 2.49. The monoisotopic (exact) mass is 326 g/mol. The van der Waals surface area contributed by atoms with Crippen LogP contribution >= 0.6 is 31.9 Å². The molecule has 0 aliphatic heterocycles. The van der Waals surface area contributed by atoms with Gasteiger partial charge in [-0.25, -0.2) is 9.97 Å². The van der Waals surface area contributed by atoms with E-state index in [-0.39, 0.29) is 0 Å². The van der Waals surface area contributed by atoms with Gasteiger partial charge in [-0.05, 0) is 38.8 Å². The molecular weight excluding hydrogens is 320 g/mol. The summed E-state index contributed by atoms with van der Waals surface area (Å²) >= 11 is 6.69. The van der Waals surface area contributed by atoms with E-state index in [0.29, 0.717) is 0 Å². The Labute approximate surface area is 105 Å². The molecule has 2 rings (SSSR count). The molecule has 0 saturated carbocycles. The molecule has 15 heavy (non-hydrogen) atoms. The average molecular weight is 328 g/mol. The van der Waals surface area contributed by atoms with E-state index in [1.54, 1.807) is 0 Å². The first-order valence-electron chi connectivity index (χ1n) is 4.42. The van der Waals surface area contributed by atoms with E-state index in [1.165, 1.54) is 5.56 Å². The van der Waals surface area contributed by atoms with Crippen LogP contribution in [0.4, 0.5) is 0 Å². The molecule has 0 fully saturated rings. The van der Waals surface area contributed by atoms with E-state index < -0.39 is 0 Å². The van der Waals surface area contributed by atoms with Crippen molar-refractivity contribution in [2.45, 2.75) is 6.92 Å². The maximum atomic E-state index is 4.31. The van der Waals surface area contributed by atoms with Crippen LogP contribution in [0.5, 0.6) is 0 Å². The lowest BCUT2D eigenvalue weighted by atomic mass is 10.1. The molecule has 0 amide bonds. The van der Waals surface area contributed by atoms with Crippen molar-refractivity contribution in [2.75, 3.05) is 0 Å². The topological polar surface area (TPSA) is 25.8 Å². The summed E-state index contributed by atoms with van der Waals surface area (Å²) in [7, 11) is 0. The third kappa shape index (κ3) is 2.63. The Morgan fingerprint density at radius 3 is 2.00 bits per heavy atom. The first-order valence-corrected chi connectivity index (χ1v) is 6.01. The van der Waals surface area contributed by atoms with Crippen LogP contribution in [0, 0.1) is 6.92 Å². The summed E-state index contributed by atoms with van der Waals surface area (Å²) in [6.45, 7) is 2.06. The van der Waals surface area contributed by atoms with Crippen LogP contribution in [-0.4, -0.2) is 9.97 Å². The molecule has 0 unspecified atom stereocenters. The largest absolute Gasteiger partial charge is 0.221 e. The third-order valence-electron chi connectivity index (χ3n) is 1.97. The van der Waals surface area contributed by atoms with E-state index in [2.05, 4.69) is 48.8 Å². The standard InChI is InChI=1S/C11H8Br2N2/c1-7-2-4-8(5-3-7)11-14-9(12)6-10(13)15-11/h2-6H,1H3. The van der Waals surface area contributed by atoms with E-state index in [9.17, 15) is 0 Å². The summed E-state index contributed by atoms with van der Waals surface area (Å²) in [4.78, 5) is 8.62. The number of hydrogen-bond donors (Lipinski definition) is 0. The van der Waals surface area contributed by atoms with E-state index >= 15 is 0 Å². The van der Waals surface area contributed by atoms with Gasteiger partial charge in [0.2, 0.25) is 0 Å². The van der Waals surface area contributed by atoms with Crippen LogP contribution in [0.2, 0.25) is 0 Å². The number of benzene rings is 1. The highest BCUT2D eigenvalue weighted by atomic mass is 79.9. The van der Waals surface area contributed by atoms with E-state index in [1.807, 2.05) is 30.3 Å². The fourth-order valence-corrected chi connectivity index (χ4v) is 2.30. The molecule has 0 bridgehead atoms. The predicted molar refractivity (Wildman–Crippen MR) is 67.6 cm³/mol. The van der Waals surface area contributed by atoms with Crippen molar-refractivity contribution in [3.8, 4) is 11.4 Å². The van der Waals surface area contributed by atoms with Crippen molar-refractivity contribution in [2.24, 2.45) is 0 Å². The summed E-state index contributed by atoms with van der Waals surface area (Å²) < 4.78 is 1.56. The minimum absolute atomic E-state index is 0.719. The number of aryl methyl sites for hydroxylation is 1. The Kier molecular flexibility index (Phi) is 3.17. The fraction of sp³-hybridized carbons (Fsp3) is 0.0909. The van der Waals surface area contributed by atoms with E-state index in [4.69, 9.17) is 0 Å². The highest BCUT2D eigenvalue weighted by molar-refractivity contribution is 9.11. The van der Waals surface area contributed by atoms with Crippen LogP contribution < -0.4 is 0 Å². The van der Waals surface area contributed by atoms with Crippen molar-refractivity contribution in [1.82, 2.24) is 9.97 Å². The SMILES string of the molecule is Cc1ccc(-c2nc(Br)cc(Br)n2)cc1. The number of aromatic nitrogens is 2. The van der Waals surface area contributed by atoms with Gasteiger partial charge in [0.15, 0.2) is 5.82 Å². The second kappa shape index (κ2) is 4.41. The highest BCUT2D eigenvalue weighted by Gasteiger charge is 2.03. The molecule has 0 saturated heterocycles. The molecule has 2 nitrogen and oxygen atoms in total. The fourth-order valence-electron chi connectivity index (χ4n) is 1.22. The van der Waals surface area contributed by atoms with Crippen LogP contribution in [0.25, 0.3) is 11.4 Å². The minimum atomic E-state index is 0.719. The zero-order valence-electron chi connectivity index (χ0n) is 8.04. The summed E-state index contributed by atoms with van der Waals surface area (Å²) in [5.41, 5.74) is 2.25. The lowest BCUT2D eigenvalue weighted by Crippen LogP contribution is -1.90. The summed E-state index contributed by atoms with van der Waals surface area (Å²) in [6.07, 6.45) is 0. The predicted octanol–water partition coefficient (Wildman–Crippen LogP) is 3.98. The molecule has 0 spiro atoms. The second-order valence-electron chi connectivity index (χ2n) is 3.20. The summed E-state index contributed by atoms with van der Waals surface area (Å²) in [6, 6.07) is 9.95. The molecule has 0 atom stereocenters. The number of hydrogen-bond acceptors (Lipinski definition) is 2. The quantitative estimate of drug-likeness (QED) is 0.740. The van der Waals surface area contributed by atoms with Crippen molar-refractivity contribution < 1.29 is 0 Å². The Morgan fingerprint density at radius 2 is 1.47 bits per heavy atom. The van der Waals surface area contributed by atoms with Gasteiger partial charge >= 0.3 is 0 Å². The second-order valence-corrected chi connectivity index (χ2v) is 4.83. The van der Waals surface area contributed by atoms with Gasteiger partial charge in [-0.3, -0.25) is 0 Å². The average Bonchev–Trinajstić information content (AvgIpc) is 2.17. The molecule has 2 aromatic rings. The molecule has 1 aromatic carbocycles. The van der Waals surface area contributed by atoms with Gasteiger partial charge in [0.25, 0.3) is 0 Å². The van der Waals surface area contributed by atoms with Crippen molar-refractivity contribution >= 4 is 31.9 Å². The van der Waals surface area contributed by atoms with Gasteiger partial charge in [-0.2, -0.15) is 0 Å². The molecule has 76 valence electrons. The van der Waals surface area contributed by atoms with Crippen LogP contribution in [0.1, 0.15) is 5.56 Å². The minimum Gasteiger partial charge on any atom is -0.221 e. The first kappa shape index (κ1) is 10.8. The van der Waals surface area contributed by atoms with Gasteiger partial charge in [0.1, 0.15) is 9.21 Å². The first-order chi connectivity index (χ1) is 7.15. The molecule has 0 aliphatic rings. The molecule has 0 N–H and O–H groups in total. The molecule has 0 radical (unpaired) electrons.